The van der Waals surface area contributed by atoms with Gasteiger partial charge in [0.1, 0.15) is 0 Å². The maximum atomic E-state index is 4.77. The van der Waals surface area contributed by atoms with Gasteiger partial charge in [-0.2, -0.15) is 0 Å². The summed E-state index contributed by atoms with van der Waals surface area (Å²) in [6.45, 7) is 16.9. The van der Waals surface area contributed by atoms with Crippen molar-refractivity contribution in [3.63, 3.8) is 0 Å². The van der Waals surface area contributed by atoms with Crippen molar-refractivity contribution in [1.82, 2.24) is 14.9 Å². The first-order valence-corrected chi connectivity index (χ1v) is 14.2. The van der Waals surface area contributed by atoms with Gasteiger partial charge in [-0.3, -0.25) is 9.97 Å². The van der Waals surface area contributed by atoms with Crippen LogP contribution in [0.25, 0.3) is 22.5 Å². The first-order valence-electron chi connectivity index (χ1n) is 14.2. The Morgan fingerprint density at radius 3 is 1.09 bits per heavy atom. The third-order valence-corrected chi connectivity index (χ3v) is 8.46. The minimum absolute atomic E-state index is 0. The molecule has 5 nitrogen and oxygen atoms in total. The van der Waals surface area contributed by atoms with E-state index in [9.17, 15) is 0 Å². The number of rotatable bonds is 10. The summed E-state index contributed by atoms with van der Waals surface area (Å²) in [5, 5.41) is 0. The Hall–Kier alpha value is -2.83. The molecule has 8 heteroatoms. The van der Waals surface area contributed by atoms with E-state index in [0.29, 0.717) is 0 Å². The van der Waals surface area contributed by atoms with Crippen LogP contribution in [0.2, 0.25) is 0 Å². The number of halogens is 3. The SMILES string of the molecule is Cc1cc(-c2ccc(N(C)CCN(C)CCN(C)c3ccc(-c4cc(C)c(C)c(C)c4)nc3)cn2)cc(C)c1C.Cl.Cl.Cl. The molecule has 2 aromatic carbocycles. The highest BCUT2D eigenvalue weighted by atomic mass is 35.5. The van der Waals surface area contributed by atoms with E-state index in [1.807, 2.05) is 12.4 Å². The fourth-order valence-corrected chi connectivity index (χ4v) is 4.94. The van der Waals surface area contributed by atoms with Crippen LogP contribution in [0.5, 0.6) is 0 Å². The maximum absolute atomic E-state index is 4.77. The van der Waals surface area contributed by atoms with Gasteiger partial charge in [0.15, 0.2) is 0 Å². The average Bonchev–Trinajstić information content (AvgIpc) is 2.95. The number of aromatic nitrogens is 2. The number of pyridine rings is 2. The van der Waals surface area contributed by atoms with E-state index in [4.69, 9.17) is 9.97 Å². The van der Waals surface area contributed by atoms with Crippen LogP contribution in [0, 0.1) is 41.5 Å². The van der Waals surface area contributed by atoms with E-state index >= 15 is 0 Å². The molecule has 4 rings (SSSR count). The van der Waals surface area contributed by atoms with E-state index in [1.54, 1.807) is 0 Å². The van der Waals surface area contributed by atoms with Crippen molar-refractivity contribution in [2.45, 2.75) is 41.5 Å². The van der Waals surface area contributed by atoms with Gasteiger partial charge in [0, 0.05) is 51.4 Å². The van der Waals surface area contributed by atoms with Crippen molar-refractivity contribution in [2.75, 3.05) is 57.1 Å². The molecule has 0 unspecified atom stereocenters. The Morgan fingerprint density at radius 2 is 0.814 bits per heavy atom. The summed E-state index contributed by atoms with van der Waals surface area (Å²) < 4.78 is 0. The van der Waals surface area contributed by atoms with Crippen LogP contribution in [-0.2, 0) is 0 Å². The third-order valence-electron chi connectivity index (χ3n) is 8.46. The summed E-state index contributed by atoms with van der Waals surface area (Å²) in [6.07, 6.45) is 3.98. The van der Waals surface area contributed by atoms with E-state index < -0.39 is 0 Å². The number of likely N-dealkylation sites (N-methyl/N-ethyl adjacent to an activating group) is 3. The number of nitrogens with zero attached hydrogens (tertiary/aromatic N) is 5. The highest BCUT2D eigenvalue weighted by Crippen LogP contribution is 2.26. The van der Waals surface area contributed by atoms with Crippen LogP contribution in [-0.4, -0.2) is 62.2 Å². The quantitative estimate of drug-likeness (QED) is 0.173. The van der Waals surface area contributed by atoms with Crippen LogP contribution < -0.4 is 9.80 Å². The van der Waals surface area contributed by atoms with Gasteiger partial charge in [0.05, 0.1) is 35.2 Å². The first kappa shape index (κ1) is 38.2. The summed E-state index contributed by atoms with van der Waals surface area (Å²) in [5.74, 6) is 0. The van der Waals surface area contributed by atoms with Crippen LogP contribution >= 0.6 is 37.2 Å². The Morgan fingerprint density at radius 1 is 0.488 bits per heavy atom. The van der Waals surface area contributed by atoms with Gasteiger partial charge in [0.25, 0.3) is 0 Å². The van der Waals surface area contributed by atoms with Crippen LogP contribution in [0.15, 0.2) is 60.9 Å². The lowest BCUT2D eigenvalue weighted by molar-refractivity contribution is 0.349. The lowest BCUT2D eigenvalue weighted by atomic mass is 9.99. The molecule has 0 saturated heterocycles. The largest absolute Gasteiger partial charge is 0.372 e. The maximum Gasteiger partial charge on any atom is 0.0703 e. The zero-order valence-electron chi connectivity index (χ0n) is 27.1. The lowest BCUT2D eigenvalue weighted by Gasteiger charge is -2.26. The van der Waals surface area contributed by atoms with Gasteiger partial charge >= 0.3 is 0 Å². The molecule has 0 radical (unpaired) electrons. The highest BCUT2D eigenvalue weighted by molar-refractivity contribution is 5.86. The molecule has 0 saturated carbocycles. The van der Waals surface area contributed by atoms with Crippen molar-refractivity contribution in [3.8, 4) is 22.5 Å². The Balaban J connectivity index is 0.00000308. The molecule has 0 aliphatic carbocycles. The molecule has 0 aliphatic heterocycles. The predicted octanol–water partition coefficient (Wildman–Crippen LogP) is 8.43. The minimum Gasteiger partial charge on any atom is -0.372 e. The zero-order chi connectivity index (χ0) is 29.0. The van der Waals surface area contributed by atoms with E-state index in [2.05, 4.69) is 126 Å². The second-order valence-corrected chi connectivity index (χ2v) is 11.4. The van der Waals surface area contributed by atoms with E-state index in [-0.39, 0.29) is 37.2 Å². The van der Waals surface area contributed by atoms with E-state index in [0.717, 1.165) is 48.9 Å². The highest BCUT2D eigenvalue weighted by Gasteiger charge is 2.10. The molecule has 0 aliphatic rings. The first-order chi connectivity index (χ1) is 19.0. The topological polar surface area (TPSA) is 35.5 Å². The summed E-state index contributed by atoms with van der Waals surface area (Å²) in [7, 11) is 6.47. The third kappa shape index (κ3) is 9.58. The molecular weight excluding hydrogens is 597 g/mol. The minimum atomic E-state index is 0. The predicted molar refractivity (Wildman–Crippen MR) is 194 cm³/mol. The summed E-state index contributed by atoms with van der Waals surface area (Å²) in [6, 6.07) is 17.6. The zero-order valence-corrected chi connectivity index (χ0v) is 29.5. The molecule has 0 fully saturated rings. The van der Waals surface area contributed by atoms with Crippen molar-refractivity contribution in [2.24, 2.45) is 0 Å². The monoisotopic (exact) mass is 643 g/mol. The molecule has 0 bridgehead atoms. The van der Waals surface area contributed by atoms with Gasteiger partial charge < -0.3 is 14.7 Å². The Kier molecular flexibility index (Phi) is 15.0. The molecule has 2 heterocycles. The second-order valence-electron chi connectivity index (χ2n) is 11.4. The molecule has 0 N–H and O–H groups in total. The van der Waals surface area contributed by atoms with Crippen LogP contribution in [0.3, 0.4) is 0 Å². The van der Waals surface area contributed by atoms with Crippen molar-refractivity contribution >= 4 is 48.6 Å². The summed E-state index contributed by atoms with van der Waals surface area (Å²) in [5.41, 5.74) is 14.7. The number of hydrogen-bond donors (Lipinski definition) is 0. The molecule has 234 valence electrons. The summed E-state index contributed by atoms with van der Waals surface area (Å²) in [4.78, 5) is 16.5. The van der Waals surface area contributed by atoms with Crippen molar-refractivity contribution < 1.29 is 0 Å². The normalized spacial score (nSPS) is 10.5. The number of anilines is 2. The second kappa shape index (κ2) is 16.9. The van der Waals surface area contributed by atoms with Gasteiger partial charge in [-0.15, -0.1) is 37.2 Å². The molecule has 4 aromatic rings. The van der Waals surface area contributed by atoms with Gasteiger partial charge in [-0.25, -0.2) is 0 Å². The molecule has 0 amide bonds. The fraction of sp³-hybridized carbons (Fsp3) is 0.371. The average molecular weight is 645 g/mol. The molecule has 0 atom stereocenters. The number of benzene rings is 2. The van der Waals surface area contributed by atoms with Gasteiger partial charge in [-0.05, 0) is 131 Å². The van der Waals surface area contributed by atoms with Crippen molar-refractivity contribution in [1.29, 1.82) is 0 Å². The molecule has 0 spiro atoms. The van der Waals surface area contributed by atoms with E-state index in [1.165, 1.54) is 44.5 Å². The molecule has 43 heavy (non-hydrogen) atoms. The summed E-state index contributed by atoms with van der Waals surface area (Å²) >= 11 is 0. The van der Waals surface area contributed by atoms with Crippen molar-refractivity contribution in [3.05, 3.63) is 94.3 Å². The van der Waals surface area contributed by atoms with Crippen LogP contribution in [0.1, 0.15) is 33.4 Å². The molecule has 2 aromatic heterocycles. The van der Waals surface area contributed by atoms with Gasteiger partial charge in [0.2, 0.25) is 0 Å². The smallest absolute Gasteiger partial charge is 0.0703 e. The number of hydrogen-bond acceptors (Lipinski definition) is 5. The van der Waals surface area contributed by atoms with Crippen LogP contribution in [0.4, 0.5) is 11.4 Å². The standard InChI is InChI=1S/C35H45N5.3ClH/c1-24-18-30(19-25(2)28(24)5)34-12-10-32(22-36-34)39(8)16-14-38(7)15-17-40(9)33-11-13-35(37-23-33)31-20-26(3)29(6)27(4)21-31;;;/h10-13,18-23H,14-17H2,1-9H3;3*1H. The Bertz CT molecular complexity index is 1300. The fourth-order valence-electron chi connectivity index (χ4n) is 4.94. The number of aryl methyl sites for hydroxylation is 4. The Labute approximate surface area is 278 Å². The lowest BCUT2D eigenvalue weighted by Crippen LogP contribution is -2.35. The molecular formula is C35H48Cl3N5. The van der Waals surface area contributed by atoms with Gasteiger partial charge in [-0.1, -0.05) is 0 Å².